The summed E-state index contributed by atoms with van der Waals surface area (Å²) in [5.41, 5.74) is 0.484. The van der Waals surface area contributed by atoms with E-state index in [1.807, 2.05) is 5.38 Å². The summed E-state index contributed by atoms with van der Waals surface area (Å²) in [6.07, 6.45) is 0.537. The van der Waals surface area contributed by atoms with Crippen LogP contribution in [0.3, 0.4) is 0 Å². The van der Waals surface area contributed by atoms with Gasteiger partial charge in [0.2, 0.25) is 0 Å². The number of hydrogen-bond acceptors (Lipinski definition) is 5. The summed E-state index contributed by atoms with van der Waals surface area (Å²) >= 11 is 13.2. The fourth-order valence-corrected chi connectivity index (χ4v) is 3.19. The highest BCUT2D eigenvalue weighted by atomic mass is 35.5. The van der Waals surface area contributed by atoms with Gasteiger partial charge in [0.15, 0.2) is 0 Å². The van der Waals surface area contributed by atoms with Gasteiger partial charge in [-0.2, -0.15) is 0 Å². The molecule has 23 heavy (non-hydrogen) atoms. The normalized spacial score (nSPS) is 12.5. The molecule has 0 amide bonds. The summed E-state index contributed by atoms with van der Waals surface area (Å²) in [5.74, 6) is 0.386. The number of aliphatic hydroxyl groups is 1. The highest BCUT2D eigenvalue weighted by Gasteiger charge is 2.12. The van der Waals surface area contributed by atoms with E-state index in [1.54, 1.807) is 24.3 Å². The number of ether oxygens (including phenoxy) is 1. The molecule has 0 spiro atoms. The molecule has 0 bridgehead atoms. The van der Waals surface area contributed by atoms with Gasteiger partial charge < -0.3 is 9.84 Å². The monoisotopic (exact) mass is 370 g/mol. The average Bonchev–Trinajstić information content (AvgIpc) is 3.00. The van der Waals surface area contributed by atoms with E-state index >= 15 is 0 Å². The number of thiophene rings is 1. The van der Waals surface area contributed by atoms with Crippen molar-refractivity contribution in [3.05, 3.63) is 56.4 Å². The Labute approximate surface area is 145 Å². The summed E-state index contributed by atoms with van der Waals surface area (Å²) < 4.78 is 7.40. The molecule has 1 atom stereocenters. The molecule has 5 nitrogen and oxygen atoms in total. The number of fused-ring (bicyclic) bond motifs is 1. The molecule has 0 aliphatic heterocycles. The molecule has 2 aromatic heterocycles. The molecule has 3 aromatic rings. The molecule has 0 aliphatic carbocycles. The molecular formula is C15H12Cl2N2O3S. The van der Waals surface area contributed by atoms with Gasteiger partial charge in [-0.1, -0.05) is 23.2 Å². The second-order valence-corrected chi connectivity index (χ2v) is 6.64. The highest BCUT2D eigenvalue weighted by Crippen LogP contribution is 2.27. The topological polar surface area (TPSA) is 64.4 Å². The first-order chi connectivity index (χ1) is 11.0. The average molecular weight is 371 g/mol. The number of aromatic nitrogens is 2. The summed E-state index contributed by atoms with van der Waals surface area (Å²) in [6, 6.07) is 6.62. The van der Waals surface area contributed by atoms with Crippen molar-refractivity contribution >= 4 is 44.8 Å². The SMILES string of the molecule is O=c1c2sccc2ncn1CC(O)COc1cc(Cl)ccc1Cl. The Balaban J connectivity index is 1.69. The largest absolute Gasteiger partial charge is 0.489 e. The zero-order valence-corrected chi connectivity index (χ0v) is 14.1. The smallest absolute Gasteiger partial charge is 0.271 e. The lowest BCUT2D eigenvalue weighted by molar-refractivity contribution is 0.0915. The van der Waals surface area contributed by atoms with Gasteiger partial charge in [-0.05, 0) is 23.6 Å². The van der Waals surface area contributed by atoms with Crippen molar-refractivity contribution in [1.82, 2.24) is 9.55 Å². The van der Waals surface area contributed by atoms with Crippen LogP contribution in [0.5, 0.6) is 5.75 Å². The van der Waals surface area contributed by atoms with Crippen molar-refractivity contribution in [2.24, 2.45) is 0 Å². The second kappa shape index (κ2) is 6.88. The lowest BCUT2D eigenvalue weighted by atomic mass is 10.3. The molecule has 1 unspecified atom stereocenters. The Hall–Kier alpha value is -1.60. The minimum Gasteiger partial charge on any atom is -0.489 e. The summed E-state index contributed by atoms with van der Waals surface area (Å²) in [4.78, 5) is 16.4. The third-order valence-electron chi connectivity index (χ3n) is 3.17. The minimum absolute atomic E-state index is 0.0189. The molecule has 2 heterocycles. The van der Waals surface area contributed by atoms with Gasteiger partial charge in [0.25, 0.3) is 5.56 Å². The lowest BCUT2D eigenvalue weighted by Gasteiger charge is -2.14. The molecule has 0 aliphatic rings. The molecule has 120 valence electrons. The van der Waals surface area contributed by atoms with Crippen molar-refractivity contribution in [2.75, 3.05) is 6.61 Å². The molecular weight excluding hydrogens is 359 g/mol. The Morgan fingerprint density at radius 3 is 3.00 bits per heavy atom. The van der Waals surface area contributed by atoms with Crippen molar-refractivity contribution in [3.8, 4) is 5.75 Å². The van der Waals surface area contributed by atoms with E-state index in [0.29, 0.717) is 26.0 Å². The van der Waals surface area contributed by atoms with Gasteiger partial charge in [-0.3, -0.25) is 9.36 Å². The van der Waals surface area contributed by atoms with Crippen molar-refractivity contribution in [2.45, 2.75) is 12.6 Å². The Bertz CT molecular complexity index is 894. The van der Waals surface area contributed by atoms with Crippen LogP contribution in [0.1, 0.15) is 0 Å². The van der Waals surface area contributed by atoms with Gasteiger partial charge in [-0.15, -0.1) is 11.3 Å². The van der Waals surface area contributed by atoms with Crippen LogP contribution in [0.25, 0.3) is 10.2 Å². The van der Waals surface area contributed by atoms with Crippen LogP contribution < -0.4 is 10.3 Å². The van der Waals surface area contributed by atoms with E-state index in [4.69, 9.17) is 27.9 Å². The molecule has 1 aromatic carbocycles. The fraction of sp³-hybridized carbons (Fsp3) is 0.200. The summed E-state index contributed by atoms with van der Waals surface area (Å²) in [6.45, 7) is 0.0623. The summed E-state index contributed by atoms with van der Waals surface area (Å²) in [7, 11) is 0. The molecule has 3 rings (SSSR count). The molecule has 0 saturated carbocycles. The van der Waals surface area contributed by atoms with Crippen LogP contribution in [0, 0.1) is 0 Å². The van der Waals surface area contributed by atoms with Crippen LogP contribution >= 0.6 is 34.5 Å². The first kappa shape index (κ1) is 16.3. The maximum Gasteiger partial charge on any atom is 0.271 e. The van der Waals surface area contributed by atoms with Crippen LogP contribution in [0.15, 0.2) is 40.8 Å². The Kier molecular flexibility index (Phi) is 4.87. The highest BCUT2D eigenvalue weighted by molar-refractivity contribution is 7.17. The maximum absolute atomic E-state index is 12.2. The number of hydrogen-bond donors (Lipinski definition) is 1. The minimum atomic E-state index is -0.887. The third kappa shape index (κ3) is 3.67. The standard InChI is InChI=1S/C15H12Cl2N2O3S/c16-9-1-2-11(17)13(5-9)22-7-10(20)6-19-8-18-12-3-4-23-14(12)15(19)21/h1-5,8,10,20H,6-7H2. The first-order valence-electron chi connectivity index (χ1n) is 6.73. The molecule has 8 heteroatoms. The number of aliphatic hydroxyl groups excluding tert-OH is 1. The first-order valence-corrected chi connectivity index (χ1v) is 8.36. The summed E-state index contributed by atoms with van der Waals surface area (Å²) in [5, 5.41) is 12.8. The third-order valence-corrected chi connectivity index (χ3v) is 4.61. The fourth-order valence-electron chi connectivity index (χ4n) is 2.06. The van der Waals surface area contributed by atoms with Crippen molar-refractivity contribution < 1.29 is 9.84 Å². The zero-order chi connectivity index (χ0) is 16.4. The van der Waals surface area contributed by atoms with Crippen LogP contribution in [-0.4, -0.2) is 27.4 Å². The van der Waals surface area contributed by atoms with E-state index in [1.165, 1.54) is 22.2 Å². The van der Waals surface area contributed by atoms with E-state index in [9.17, 15) is 9.90 Å². The van der Waals surface area contributed by atoms with Gasteiger partial charge >= 0.3 is 0 Å². The van der Waals surface area contributed by atoms with E-state index in [-0.39, 0.29) is 18.7 Å². The van der Waals surface area contributed by atoms with E-state index in [0.717, 1.165) is 0 Å². The lowest BCUT2D eigenvalue weighted by Crippen LogP contribution is -2.30. The Morgan fingerprint density at radius 1 is 1.35 bits per heavy atom. The Morgan fingerprint density at radius 2 is 2.17 bits per heavy atom. The maximum atomic E-state index is 12.2. The number of halogens is 2. The van der Waals surface area contributed by atoms with Gasteiger partial charge in [-0.25, -0.2) is 4.98 Å². The number of nitrogens with zero attached hydrogens (tertiary/aromatic N) is 2. The zero-order valence-electron chi connectivity index (χ0n) is 11.8. The second-order valence-electron chi connectivity index (χ2n) is 4.88. The predicted octanol–water partition coefficient (Wildman–Crippen LogP) is 3.20. The van der Waals surface area contributed by atoms with Crippen LogP contribution in [-0.2, 0) is 6.54 Å². The number of benzene rings is 1. The molecule has 0 saturated heterocycles. The molecule has 0 radical (unpaired) electrons. The van der Waals surface area contributed by atoms with Crippen molar-refractivity contribution in [1.29, 1.82) is 0 Å². The molecule has 0 fully saturated rings. The number of rotatable bonds is 5. The van der Waals surface area contributed by atoms with E-state index < -0.39 is 6.10 Å². The quantitative estimate of drug-likeness (QED) is 0.748. The predicted molar refractivity (Wildman–Crippen MR) is 91.8 cm³/mol. The van der Waals surface area contributed by atoms with Gasteiger partial charge in [0, 0.05) is 11.1 Å². The molecule has 1 N–H and O–H groups in total. The van der Waals surface area contributed by atoms with Crippen LogP contribution in [0.4, 0.5) is 0 Å². The van der Waals surface area contributed by atoms with Crippen LogP contribution in [0.2, 0.25) is 10.0 Å². The van der Waals surface area contributed by atoms with Gasteiger partial charge in [0.05, 0.1) is 23.4 Å². The van der Waals surface area contributed by atoms with Crippen molar-refractivity contribution in [3.63, 3.8) is 0 Å². The van der Waals surface area contributed by atoms with Gasteiger partial charge in [0.1, 0.15) is 23.2 Å². The van der Waals surface area contributed by atoms with E-state index in [2.05, 4.69) is 4.98 Å².